The van der Waals surface area contributed by atoms with E-state index < -0.39 is 5.60 Å². The van der Waals surface area contributed by atoms with E-state index in [2.05, 4.69) is 44.1 Å². The van der Waals surface area contributed by atoms with Crippen LogP contribution in [0.15, 0.2) is 30.6 Å². The first kappa shape index (κ1) is 16.7. The Hall–Kier alpha value is -2.16. The van der Waals surface area contributed by atoms with Crippen LogP contribution >= 0.6 is 0 Å². The fraction of sp³-hybridized carbons (Fsp3) is 0.474. The number of hydrogen-bond donors (Lipinski definition) is 2. The summed E-state index contributed by atoms with van der Waals surface area (Å²) in [5, 5.41) is 16.6. The molecule has 2 aromatic rings. The molecule has 1 fully saturated rings. The molecule has 0 radical (unpaired) electrons. The number of H-pyrrole nitrogens is 1. The van der Waals surface area contributed by atoms with Crippen molar-refractivity contribution in [2.45, 2.75) is 44.8 Å². The Morgan fingerprint density at radius 2 is 1.96 bits per heavy atom. The molecule has 3 rings (SSSR count). The van der Waals surface area contributed by atoms with E-state index in [4.69, 9.17) is 0 Å². The third-order valence-electron chi connectivity index (χ3n) is 4.28. The van der Waals surface area contributed by atoms with Crippen molar-refractivity contribution in [1.29, 1.82) is 0 Å². The average molecular weight is 324 g/mol. The Labute approximate surface area is 143 Å². The van der Waals surface area contributed by atoms with Crippen LogP contribution < -0.4 is 0 Å². The van der Waals surface area contributed by atoms with Crippen molar-refractivity contribution in [1.82, 2.24) is 20.1 Å². The second-order valence-corrected chi connectivity index (χ2v) is 6.93. The number of likely N-dealkylation sites (tertiary alicyclic amines) is 1. The minimum absolute atomic E-state index is 0.503. The zero-order valence-electron chi connectivity index (χ0n) is 14.3. The minimum atomic E-state index is -0.952. The van der Waals surface area contributed by atoms with Crippen molar-refractivity contribution < 1.29 is 5.11 Å². The van der Waals surface area contributed by atoms with Crippen LogP contribution in [0, 0.1) is 11.8 Å². The third kappa shape index (κ3) is 4.67. The highest BCUT2D eigenvalue weighted by Gasteiger charge is 2.22. The lowest BCUT2D eigenvalue weighted by molar-refractivity contribution is 0.143. The van der Waals surface area contributed by atoms with Crippen molar-refractivity contribution in [2.75, 3.05) is 13.1 Å². The van der Waals surface area contributed by atoms with Gasteiger partial charge in [-0.15, -0.1) is 0 Å². The molecule has 0 saturated carbocycles. The van der Waals surface area contributed by atoms with Gasteiger partial charge in [0, 0.05) is 18.0 Å². The number of aromatic nitrogens is 3. The maximum Gasteiger partial charge on any atom is 0.137 e. The van der Waals surface area contributed by atoms with Crippen LogP contribution in [0.2, 0.25) is 0 Å². The Kier molecular flexibility index (Phi) is 4.98. The lowest BCUT2D eigenvalue weighted by Crippen LogP contribution is -2.32. The predicted molar refractivity (Wildman–Crippen MR) is 93.3 cm³/mol. The molecular weight excluding hydrogens is 300 g/mol. The fourth-order valence-electron chi connectivity index (χ4n) is 2.95. The Balaban J connectivity index is 1.53. The summed E-state index contributed by atoms with van der Waals surface area (Å²) in [4.78, 5) is 6.75. The highest BCUT2D eigenvalue weighted by molar-refractivity contribution is 5.37. The monoisotopic (exact) mass is 324 g/mol. The molecular formula is C19H24N4O. The normalized spacial score (nSPS) is 16.6. The molecule has 5 nitrogen and oxygen atoms in total. The first-order valence-electron chi connectivity index (χ1n) is 8.42. The number of nitrogens with one attached hydrogen (secondary N) is 1. The van der Waals surface area contributed by atoms with Crippen molar-refractivity contribution in [2.24, 2.45) is 0 Å². The maximum absolute atomic E-state index is 9.65. The van der Waals surface area contributed by atoms with Crippen molar-refractivity contribution in [3.05, 3.63) is 47.5 Å². The van der Waals surface area contributed by atoms with Crippen molar-refractivity contribution in [3.8, 4) is 11.8 Å². The molecule has 1 aromatic heterocycles. The Bertz CT molecular complexity index is 697. The van der Waals surface area contributed by atoms with Crippen LogP contribution in [0.1, 0.15) is 49.6 Å². The summed E-state index contributed by atoms with van der Waals surface area (Å²) in [6, 6.07) is 8.29. The summed E-state index contributed by atoms with van der Waals surface area (Å²) in [5.74, 6) is 7.37. The van der Waals surface area contributed by atoms with E-state index in [1.165, 1.54) is 5.56 Å². The van der Waals surface area contributed by atoms with Crippen LogP contribution in [-0.4, -0.2) is 43.9 Å². The quantitative estimate of drug-likeness (QED) is 0.851. The molecule has 2 heterocycles. The summed E-state index contributed by atoms with van der Waals surface area (Å²) in [7, 11) is 0. The number of nitrogens with zero attached hydrogens (tertiary/aromatic N) is 3. The molecule has 2 N–H and O–H groups in total. The van der Waals surface area contributed by atoms with E-state index >= 15 is 0 Å². The molecule has 0 atom stereocenters. The number of aromatic amines is 1. The van der Waals surface area contributed by atoms with Gasteiger partial charge in [-0.05, 0) is 57.5 Å². The SMILES string of the molecule is CC(C)(O)C#Cc1ccc(CN2CCC(c3ncn[nH]3)CC2)cc1. The van der Waals surface area contributed by atoms with Gasteiger partial charge in [0.2, 0.25) is 0 Å². The molecule has 0 bridgehead atoms. The third-order valence-corrected chi connectivity index (χ3v) is 4.28. The largest absolute Gasteiger partial charge is 0.378 e. The molecule has 1 saturated heterocycles. The van der Waals surface area contributed by atoms with Crippen LogP contribution in [0.5, 0.6) is 0 Å². The van der Waals surface area contributed by atoms with E-state index in [9.17, 15) is 5.11 Å². The van der Waals surface area contributed by atoms with Gasteiger partial charge in [0.15, 0.2) is 0 Å². The number of benzene rings is 1. The molecule has 1 aromatic carbocycles. The van der Waals surface area contributed by atoms with Gasteiger partial charge in [-0.2, -0.15) is 5.10 Å². The van der Waals surface area contributed by atoms with Gasteiger partial charge in [-0.1, -0.05) is 24.0 Å². The van der Waals surface area contributed by atoms with E-state index in [0.29, 0.717) is 5.92 Å². The highest BCUT2D eigenvalue weighted by atomic mass is 16.3. The number of hydrogen-bond acceptors (Lipinski definition) is 4. The summed E-state index contributed by atoms with van der Waals surface area (Å²) in [6.07, 6.45) is 3.82. The van der Waals surface area contributed by atoms with E-state index in [1.807, 2.05) is 12.1 Å². The fourth-order valence-corrected chi connectivity index (χ4v) is 2.95. The van der Waals surface area contributed by atoms with Gasteiger partial charge in [-0.25, -0.2) is 4.98 Å². The summed E-state index contributed by atoms with van der Waals surface area (Å²) in [5.41, 5.74) is 1.28. The van der Waals surface area contributed by atoms with Crippen LogP contribution in [0.25, 0.3) is 0 Å². The average Bonchev–Trinajstić information content (AvgIpc) is 3.09. The zero-order valence-corrected chi connectivity index (χ0v) is 14.3. The molecule has 0 unspecified atom stereocenters. The standard InChI is InChI=1S/C19H24N4O/c1-19(2,24)10-7-15-3-5-16(6-4-15)13-23-11-8-17(9-12-23)18-20-14-21-22-18/h3-6,14,17,24H,8-9,11-13H2,1-2H3,(H,20,21,22). The van der Waals surface area contributed by atoms with Crippen LogP contribution in [-0.2, 0) is 6.54 Å². The Morgan fingerprint density at radius 3 is 2.54 bits per heavy atom. The minimum Gasteiger partial charge on any atom is -0.378 e. The van der Waals surface area contributed by atoms with Gasteiger partial charge in [0.25, 0.3) is 0 Å². The number of aliphatic hydroxyl groups is 1. The molecule has 24 heavy (non-hydrogen) atoms. The molecule has 1 aliphatic rings. The van der Waals surface area contributed by atoms with Gasteiger partial charge in [0.05, 0.1) is 0 Å². The first-order chi connectivity index (χ1) is 11.5. The van der Waals surface area contributed by atoms with Gasteiger partial charge in [0.1, 0.15) is 17.8 Å². The number of piperidine rings is 1. The first-order valence-corrected chi connectivity index (χ1v) is 8.42. The van der Waals surface area contributed by atoms with Gasteiger partial charge in [-0.3, -0.25) is 10.00 Å². The molecule has 126 valence electrons. The van der Waals surface area contributed by atoms with Gasteiger partial charge >= 0.3 is 0 Å². The lowest BCUT2D eigenvalue weighted by Gasteiger charge is -2.30. The second-order valence-electron chi connectivity index (χ2n) is 6.93. The molecule has 5 heteroatoms. The molecule has 1 aliphatic heterocycles. The molecule has 0 aliphatic carbocycles. The summed E-state index contributed by atoms with van der Waals surface area (Å²) in [6.45, 7) is 6.49. The molecule has 0 amide bonds. The van der Waals surface area contributed by atoms with Crippen LogP contribution in [0.4, 0.5) is 0 Å². The smallest absolute Gasteiger partial charge is 0.137 e. The lowest BCUT2D eigenvalue weighted by atomic mass is 9.96. The topological polar surface area (TPSA) is 65.0 Å². The van der Waals surface area contributed by atoms with Crippen molar-refractivity contribution >= 4 is 0 Å². The highest BCUT2D eigenvalue weighted by Crippen LogP contribution is 2.25. The van der Waals surface area contributed by atoms with Crippen LogP contribution in [0.3, 0.4) is 0 Å². The van der Waals surface area contributed by atoms with Crippen molar-refractivity contribution in [3.63, 3.8) is 0 Å². The Morgan fingerprint density at radius 1 is 1.25 bits per heavy atom. The maximum atomic E-state index is 9.65. The molecule has 0 spiro atoms. The number of rotatable bonds is 3. The van der Waals surface area contributed by atoms with Gasteiger partial charge < -0.3 is 5.11 Å². The second kappa shape index (κ2) is 7.16. The summed E-state index contributed by atoms with van der Waals surface area (Å²) < 4.78 is 0. The summed E-state index contributed by atoms with van der Waals surface area (Å²) >= 11 is 0. The van der Waals surface area contributed by atoms with E-state index in [1.54, 1.807) is 20.2 Å². The van der Waals surface area contributed by atoms with E-state index in [-0.39, 0.29) is 0 Å². The zero-order chi connectivity index (χ0) is 17.0. The van der Waals surface area contributed by atoms with E-state index in [0.717, 1.165) is 43.9 Å². The predicted octanol–water partition coefficient (Wildman–Crippen LogP) is 2.31.